The van der Waals surface area contributed by atoms with E-state index in [1.165, 1.54) is 12.1 Å². The quantitative estimate of drug-likeness (QED) is 0.594. The molecular formula is C15H18ClNO5S. The van der Waals surface area contributed by atoms with Crippen molar-refractivity contribution in [1.82, 2.24) is 4.58 Å². The summed E-state index contributed by atoms with van der Waals surface area (Å²) in [7, 11) is -3.55. The summed E-state index contributed by atoms with van der Waals surface area (Å²) in [5, 5.41) is 0. The number of nitrogens with zero attached hydrogens (tertiary/aromatic N) is 1. The zero-order valence-electron chi connectivity index (χ0n) is 13.2. The highest BCUT2D eigenvalue weighted by molar-refractivity contribution is 7.90. The molecule has 23 heavy (non-hydrogen) atoms. The zero-order chi connectivity index (χ0) is 17.4. The van der Waals surface area contributed by atoms with Crippen molar-refractivity contribution < 1.29 is 22.8 Å². The average molecular weight is 360 g/mol. The van der Waals surface area contributed by atoms with E-state index < -0.39 is 21.8 Å². The number of ketones is 1. The van der Waals surface area contributed by atoms with E-state index in [1.54, 1.807) is 32.9 Å². The molecule has 0 bridgehead atoms. The van der Waals surface area contributed by atoms with Gasteiger partial charge in [-0.05, 0) is 37.5 Å². The Morgan fingerprint density at radius 2 is 1.96 bits per heavy atom. The highest BCUT2D eigenvalue weighted by Crippen LogP contribution is 2.33. The Balaban J connectivity index is 2.50. The van der Waals surface area contributed by atoms with Gasteiger partial charge in [0, 0.05) is 23.6 Å². The van der Waals surface area contributed by atoms with E-state index in [-0.39, 0.29) is 27.9 Å². The number of halogens is 1. The van der Waals surface area contributed by atoms with Gasteiger partial charge in [0.2, 0.25) is 0 Å². The van der Waals surface area contributed by atoms with Crippen LogP contribution in [0.3, 0.4) is 0 Å². The second kappa shape index (κ2) is 6.60. The summed E-state index contributed by atoms with van der Waals surface area (Å²) < 4.78 is 30.4. The van der Waals surface area contributed by atoms with Crippen LogP contribution < -0.4 is 0 Å². The van der Waals surface area contributed by atoms with Gasteiger partial charge in [-0.3, -0.25) is 4.79 Å². The average Bonchev–Trinajstić information content (AvgIpc) is 2.71. The van der Waals surface area contributed by atoms with Crippen molar-refractivity contribution in [1.29, 1.82) is 0 Å². The summed E-state index contributed by atoms with van der Waals surface area (Å²) in [6.07, 6.45) is -0.0537. The van der Waals surface area contributed by atoms with E-state index in [0.29, 0.717) is 0 Å². The Hall–Kier alpha value is -1.41. The highest BCUT2D eigenvalue weighted by Gasteiger charge is 2.39. The van der Waals surface area contributed by atoms with E-state index in [1.807, 2.05) is 0 Å². The van der Waals surface area contributed by atoms with Crippen LogP contribution in [0.15, 0.2) is 40.5 Å². The standard InChI is InChI=1S/C15H18ClNO5S/c1-9(2)21-15-13(10(3)22-17(15)16)14(18)11-7-5-6-8-12(11)23(4,19)20/h5-9,15H,1-4H3. The van der Waals surface area contributed by atoms with Crippen molar-refractivity contribution in [2.75, 3.05) is 6.26 Å². The molecule has 1 aliphatic heterocycles. The van der Waals surface area contributed by atoms with Gasteiger partial charge in [-0.25, -0.2) is 8.42 Å². The lowest BCUT2D eigenvalue weighted by molar-refractivity contribution is -0.137. The van der Waals surface area contributed by atoms with Crippen LogP contribution in [0, 0.1) is 0 Å². The van der Waals surface area contributed by atoms with Crippen LogP contribution in [0.1, 0.15) is 31.1 Å². The summed E-state index contributed by atoms with van der Waals surface area (Å²) in [6, 6.07) is 6.02. The van der Waals surface area contributed by atoms with Gasteiger partial charge < -0.3 is 9.57 Å². The number of Topliss-reactive ketones (excluding diaryl/α,β-unsaturated/α-hetero) is 1. The Kier molecular flexibility index (Phi) is 5.15. The number of hydrogen-bond acceptors (Lipinski definition) is 6. The predicted octanol–water partition coefficient (Wildman–Crippen LogP) is 2.70. The number of carbonyl (C=O) groups is 1. The maximum atomic E-state index is 12.9. The molecule has 1 unspecified atom stereocenters. The molecule has 0 amide bonds. The molecule has 1 aromatic carbocycles. The van der Waals surface area contributed by atoms with E-state index in [4.69, 9.17) is 21.4 Å². The van der Waals surface area contributed by atoms with Crippen molar-refractivity contribution >= 4 is 27.4 Å². The SMILES string of the molecule is CC1=C(C(=O)c2ccccc2S(C)(=O)=O)C(OC(C)C)N(Cl)O1. The first-order valence-electron chi connectivity index (χ1n) is 6.96. The third-order valence-corrected chi connectivity index (χ3v) is 4.61. The van der Waals surface area contributed by atoms with Crippen molar-refractivity contribution in [2.45, 2.75) is 38.0 Å². The topological polar surface area (TPSA) is 72.9 Å². The fourth-order valence-electron chi connectivity index (χ4n) is 2.27. The lowest BCUT2D eigenvalue weighted by Gasteiger charge is -2.20. The monoisotopic (exact) mass is 359 g/mol. The summed E-state index contributed by atoms with van der Waals surface area (Å²) in [6.45, 7) is 5.17. The molecular weight excluding hydrogens is 342 g/mol. The third-order valence-electron chi connectivity index (χ3n) is 3.21. The van der Waals surface area contributed by atoms with E-state index >= 15 is 0 Å². The van der Waals surface area contributed by atoms with Crippen molar-refractivity contribution in [3.63, 3.8) is 0 Å². The van der Waals surface area contributed by atoms with Gasteiger partial charge >= 0.3 is 0 Å². The zero-order valence-corrected chi connectivity index (χ0v) is 14.8. The number of ether oxygens (including phenoxy) is 1. The normalized spacial score (nSPS) is 19.3. The van der Waals surface area contributed by atoms with Gasteiger partial charge in [0.15, 0.2) is 21.8 Å². The molecule has 0 aliphatic carbocycles. The summed E-state index contributed by atoms with van der Waals surface area (Å²) in [5.41, 5.74) is 0.252. The highest BCUT2D eigenvalue weighted by atomic mass is 35.5. The van der Waals surface area contributed by atoms with Crippen LogP contribution in [-0.4, -0.2) is 37.4 Å². The van der Waals surface area contributed by atoms with E-state index in [9.17, 15) is 13.2 Å². The molecule has 0 N–H and O–H groups in total. The summed E-state index contributed by atoms with van der Waals surface area (Å²) >= 11 is 5.95. The van der Waals surface area contributed by atoms with Gasteiger partial charge in [-0.15, -0.1) is 0 Å². The number of allylic oxidation sites excluding steroid dienone is 1. The minimum Gasteiger partial charge on any atom is -0.392 e. The maximum absolute atomic E-state index is 12.9. The molecule has 0 fully saturated rings. The molecule has 1 heterocycles. The lowest BCUT2D eigenvalue weighted by atomic mass is 10.0. The number of hydroxylamine groups is 1. The van der Waals surface area contributed by atoms with E-state index in [2.05, 4.69) is 0 Å². The van der Waals surface area contributed by atoms with Gasteiger partial charge in [0.25, 0.3) is 0 Å². The fraction of sp³-hybridized carbons (Fsp3) is 0.400. The smallest absolute Gasteiger partial charge is 0.197 e. The van der Waals surface area contributed by atoms with Gasteiger partial charge in [0.05, 0.1) is 16.6 Å². The number of sulfone groups is 1. The minimum absolute atomic E-state index is 0.0402. The summed E-state index contributed by atoms with van der Waals surface area (Å²) in [4.78, 5) is 18.1. The molecule has 126 valence electrons. The minimum atomic E-state index is -3.55. The third kappa shape index (κ3) is 3.74. The molecule has 0 radical (unpaired) electrons. The first-order valence-corrected chi connectivity index (χ1v) is 9.19. The van der Waals surface area contributed by atoms with Gasteiger partial charge in [0.1, 0.15) is 5.76 Å². The Labute approximate surface area is 140 Å². The molecule has 1 aliphatic rings. The maximum Gasteiger partial charge on any atom is 0.197 e. The molecule has 1 atom stereocenters. The number of carbonyl (C=O) groups excluding carboxylic acids is 1. The Morgan fingerprint density at radius 3 is 2.52 bits per heavy atom. The predicted molar refractivity (Wildman–Crippen MR) is 85.4 cm³/mol. The number of benzene rings is 1. The fourth-order valence-corrected chi connectivity index (χ4v) is 3.40. The number of rotatable bonds is 5. The number of hydrogen-bond donors (Lipinski definition) is 0. The lowest BCUT2D eigenvalue weighted by Crippen LogP contribution is -2.31. The second-order valence-corrected chi connectivity index (χ2v) is 7.79. The Bertz CT molecular complexity index is 757. The molecule has 0 spiro atoms. The van der Waals surface area contributed by atoms with Crippen LogP contribution in [0.25, 0.3) is 0 Å². The molecule has 6 nitrogen and oxygen atoms in total. The van der Waals surface area contributed by atoms with Crippen LogP contribution in [-0.2, 0) is 19.4 Å². The molecule has 0 saturated carbocycles. The van der Waals surface area contributed by atoms with Gasteiger partial charge in [-0.1, -0.05) is 12.1 Å². The summed E-state index contributed by atoms with van der Waals surface area (Å²) in [5.74, 6) is -0.212. The Morgan fingerprint density at radius 1 is 1.35 bits per heavy atom. The van der Waals surface area contributed by atoms with Crippen molar-refractivity contribution in [3.8, 4) is 0 Å². The molecule has 8 heteroatoms. The molecule has 2 rings (SSSR count). The molecule has 1 aromatic rings. The molecule has 0 saturated heterocycles. The second-order valence-electron chi connectivity index (χ2n) is 5.47. The molecule has 0 aromatic heterocycles. The van der Waals surface area contributed by atoms with Crippen LogP contribution >= 0.6 is 11.8 Å². The van der Waals surface area contributed by atoms with Crippen molar-refractivity contribution in [2.24, 2.45) is 0 Å². The van der Waals surface area contributed by atoms with Crippen molar-refractivity contribution in [3.05, 3.63) is 41.2 Å². The van der Waals surface area contributed by atoms with Crippen LogP contribution in [0.4, 0.5) is 0 Å². The largest absolute Gasteiger partial charge is 0.392 e. The first-order chi connectivity index (χ1) is 10.6. The first kappa shape index (κ1) is 17.9. The van der Waals surface area contributed by atoms with Gasteiger partial charge in [-0.2, -0.15) is 0 Å². The van der Waals surface area contributed by atoms with E-state index in [0.717, 1.165) is 10.8 Å². The van der Waals surface area contributed by atoms with Crippen LogP contribution in [0.2, 0.25) is 0 Å². The van der Waals surface area contributed by atoms with Crippen LogP contribution in [0.5, 0.6) is 0 Å².